The van der Waals surface area contributed by atoms with Gasteiger partial charge in [0.25, 0.3) is 5.56 Å². The molecule has 0 fully saturated rings. The monoisotopic (exact) mass is 793 g/mol. The molecular weight excluding hydrogens is 730 g/mol. The molecule has 0 saturated heterocycles. The summed E-state index contributed by atoms with van der Waals surface area (Å²) in [4.78, 5) is 71.3. The second-order valence-electron chi connectivity index (χ2n) is 13.7. The molecule has 2 amide bonds. The average Bonchev–Trinajstić information content (AvgIpc) is 3.18. The van der Waals surface area contributed by atoms with Crippen molar-refractivity contribution in [3.63, 3.8) is 0 Å². The third-order valence-electron chi connectivity index (χ3n) is 11.2. The van der Waals surface area contributed by atoms with Gasteiger partial charge >= 0.3 is 23.7 Å². The van der Waals surface area contributed by atoms with E-state index in [2.05, 4.69) is 22.6 Å². The van der Waals surface area contributed by atoms with Gasteiger partial charge in [0, 0.05) is 21.1 Å². The van der Waals surface area contributed by atoms with E-state index in [1.165, 1.54) is 43.5 Å². The number of carbonyl (C=O) groups excluding carboxylic acids is 3. The standard InChI is InChI=1S/C15H22N2O4.C14H18N2O3.C13H19NO2.CH4/c1-8-9(2)11(4)13(17(5)15(19)16-21-7)12(10(8)3)14(18)20-6;1-7-8(2)10(4)12-11(9(7)3)13(17)16(19-6)14(18)15(12)5;1-7-8(2)10(4)12(14-5)11(9(7)3)13(15)16-6;/h1-7H3,(H,16,19);1-6H3;14H,1-6H3;1H4. The van der Waals surface area contributed by atoms with E-state index in [-0.39, 0.29) is 13.4 Å². The summed E-state index contributed by atoms with van der Waals surface area (Å²) in [6, 6.07) is -0.464. The van der Waals surface area contributed by atoms with Gasteiger partial charge in [-0.1, -0.05) is 12.2 Å². The summed E-state index contributed by atoms with van der Waals surface area (Å²) < 4.78 is 12.0. The minimum Gasteiger partial charge on any atom is -0.465 e. The zero-order chi connectivity index (χ0) is 43.3. The lowest BCUT2D eigenvalue weighted by molar-refractivity contribution is 0.0591. The van der Waals surface area contributed by atoms with Crippen molar-refractivity contribution in [2.45, 2.75) is 90.5 Å². The van der Waals surface area contributed by atoms with Gasteiger partial charge in [0.05, 0.1) is 54.7 Å². The molecule has 0 aliphatic heterocycles. The van der Waals surface area contributed by atoms with E-state index in [0.717, 1.165) is 71.6 Å². The van der Waals surface area contributed by atoms with E-state index < -0.39 is 23.2 Å². The number of amides is 2. The number of fused-ring (bicyclic) bond motifs is 1. The first kappa shape index (κ1) is 49.4. The number of hydroxylamine groups is 1. The summed E-state index contributed by atoms with van der Waals surface area (Å²) in [5.74, 6) is -0.751. The van der Waals surface area contributed by atoms with Crippen LogP contribution < -0.4 is 31.8 Å². The van der Waals surface area contributed by atoms with Crippen LogP contribution in [0.3, 0.4) is 0 Å². The van der Waals surface area contributed by atoms with Gasteiger partial charge in [-0.2, -0.15) is 0 Å². The molecule has 0 bridgehead atoms. The van der Waals surface area contributed by atoms with Gasteiger partial charge in [0.2, 0.25) is 0 Å². The number of aromatic nitrogens is 2. The SMILES string of the molecule is C.CNc1c(C)c(C)c(C)c(C)c1C(=O)OC.CONC(=O)N(C)c1c(C)c(C)c(C)c(C)c1C(=O)OC.COn1c(=O)c2c(C)c(C)c(C)c(C)c2n(C)c1=O. The summed E-state index contributed by atoms with van der Waals surface area (Å²) in [6.07, 6.45) is 0. The van der Waals surface area contributed by atoms with E-state index in [1.807, 2.05) is 83.2 Å². The Hall–Kier alpha value is -5.63. The summed E-state index contributed by atoms with van der Waals surface area (Å²) in [7, 11) is 10.5. The van der Waals surface area contributed by atoms with Crippen molar-refractivity contribution in [1.29, 1.82) is 0 Å². The number of carbonyl (C=O) groups is 3. The van der Waals surface area contributed by atoms with Crippen molar-refractivity contribution in [2.24, 2.45) is 7.05 Å². The summed E-state index contributed by atoms with van der Waals surface area (Å²) in [5, 5.41) is 3.63. The second kappa shape index (κ2) is 20.0. The number of benzene rings is 3. The highest BCUT2D eigenvalue weighted by atomic mass is 16.7. The van der Waals surface area contributed by atoms with Crippen molar-refractivity contribution in [1.82, 2.24) is 14.8 Å². The molecule has 3 aromatic carbocycles. The lowest BCUT2D eigenvalue weighted by Gasteiger charge is -2.25. The maximum absolute atomic E-state index is 12.4. The van der Waals surface area contributed by atoms with Gasteiger partial charge in [-0.05, 0) is 150 Å². The molecule has 2 N–H and O–H groups in total. The average molecular weight is 794 g/mol. The number of hydrogen-bond acceptors (Lipinski definition) is 10. The Labute approximate surface area is 337 Å². The van der Waals surface area contributed by atoms with Gasteiger partial charge in [0.1, 0.15) is 7.11 Å². The molecule has 0 unspecified atom stereocenters. The molecular formula is C43H63N5O9. The number of nitrogens with one attached hydrogen (secondary N) is 2. The maximum atomic E-state index is 12.4. The zero-order valence-corrected chi connectivity index (χ0v) is 36.5. The highest BCUT2D eigenvalue weighted by molar-refractivity contribution is 6.04. The van der Waals surface area contributed by atoms with E-state index in [0.29, 0.717) is 27.7 Å². The van der Waals surface area contributed by atoms with Crippen molar-refractivity contribution in [3.05, 3.63) is 98.7 Å². The fourth-order valence-electron chi connectivity index (χ4n) is 6.86. The van der Waals surface area contributed by atoms with Crippen LogP contribution in [0.4, 0.5) is 16.2 Å². The molecule has 0 spiro atoms. The van der Waals surface area contributed by atoms with Crippen LogP contribution in [0.1, 0.15) is 94.9 Å². The molecule has 14 nitrogen and oxygen atoms in total. The molecule has 0 saturated carbocycles. The summed E-state index contributed by atoms with van der Waals surface area (Å²) >= 11 is 0. The summed E-state index contributed by atoms with van der Waals surface area (Å²) in [5.41, 5.74) is 16.7. The lowest BCUT2D eigenvalue weighted by atomic mass is 9.91. The Morgan fingerprint density at radius 2 is 1.02 bits per heavy atom. The molecule has 1 heterocycles. The highest BCUT2D eigenvalue weighted by Gasteiger charge is 2.27. The largest absolute Gasteiger partial charge is 0.465 e. The number of aryl methyl sites for hydroxylation is 3. The van der Waals surface area contributed by atoms with Crippen LogP contribution in [-0.2, 0) is 21.4 Å². The smallest absolute Gasteiger partial charge is 0.364 e. The molecule has 1 aromatic heterocycles. The van der Waals surface area contributed by atoms with E-state index in [9.17, 15) is 24.0 Å². The predicted octanol–water partition coefficient (Wildman–Crippen LogP) is 6.79. The lowest BCUT2D eigenvalue weighted by Crippen LogP contribution is -2.42. The quantitative estimate of drug-likeness (QED) is 0.157. The third kappa shape index (κ3) is 9.17. The first-order valence-electron chi connectivity index (χ1n) is 17.9. The Kier molecular flexibility index (Phi) is 17.3. The van der Waals surface area contributed by atoms with Crippen LogP contribution in [0.15, 0.2) is 9.59 Å². The first-order valence-corrected chi connectivity index (χ1v) is 17.9. The van der Waals surface area contributed by atoms with Gasteiger partial charge in [0.15, 0.2) is 0 Å². The minimum atomic E-state index is -0.467. The molecule has 0 atom stereocenters. The normalized spacial score (nSPS) is 10.3. The molecule has 0 radical (unpaired) electrons. The summed E-state index contributed by atoms with van der Waals surface area (Å²) in [6.45, 7) is 23.5. The van der Waals surface area contributed by atoms with Crippen LogP contribution >= 0.6 is 0 Å². The Bertz CT molecular complexity index is 2320. The molecule has 4 aromatic rings. The third-order valence-corrected chi connectivity index (χ3v) is 11.2. The van der Waals surface area contributed by atoms with Gasteiger partial charge in [-0.25, -0.2) is 24.7 Å². The zero-order valence-electron chi connectivity index (χ0n) is 36.5. The number of nitrogens with zero attached hydrogens (tertiary/aromatic N) is 3. The minimum absolute atomic E-state index is 0. The molecule has 14 heteroatoms. The number of urea groups is 1. The van der Waals surface area contributed by atoms with Gasteiger partial charge < -0.3 is 19.6 Å². The molecule has 0 aliphatic carbocycles. The number of rotatable bonds is 6. The Balaban J connectivity index is 0.000000427. The van der Waals surface area contributed by atoms with Crippen LogP contribution in [0.25, 0.3) is 10.9 Å². The molecule has 0 aliphatic rings. The maximum Gasteiger partial charge on any atom is 0.364 e. The number of hydrogen-bond donors (Lipinski definition) is 2. The first-order chi connectivity index (χ1) is 26.0. The van der Waals surface area contributed by atoms with E-state index >= 15 is 0 Å². The molecule has 57 heavy (non-hydrogen) atoms. The van der Waals surface area contributed by atoms with E-state index in [4.69, 9.17) is 14.3 Å². The number of anilines is 2. The van der Waals surface area contributed by atoms with Gasteiger partial charge in [-0.15, -0.1) is 0 Å². The Morgan fingerprint density at radius 3 is 1.47 bits per heavy atom. The fourth-order valence-corrected chi connectivity index (χ4v) is 6.86. The van der Waals surface area contributed by atoms with Crippen molar-refractivity contribution >= 4 is 40.2 Å². The second-order valence-corrected chi connectivity index (χ2v) is 13.7. The van der Waals surface area contributed by atoms with Crippen molar-refractivity contribution in [2.75, 3.05) is 52.8 Å². The topological polar surface area (TPSA) is 159 Å². The fraction of sp³-hybridized carbons (Fsp3) is 0.465. The molecule has 4 rings (SSSR count). The number of esters is 2. The molecule has 314 valence electrons. The Morgan fingerprint density at radius 1 is 0.596 bits per heavy atom. The van der Waals surface area contributed by atoms with Crippen LogP contribution in [0, 0.1) is 83.1 Å². The highest BCUT2D eigenvalue weighted by Crippen LogP contribution is 2.34. The van der Waals surface area contributed by atoms with Gasteiger partial charge in [-0.3, -0.25) is 19.1 Å². The van der Waals surface area contributed by atoms with Crippen LogP contribution in [0.5, 0.6) is 0 Å². The van der Waals surface area contributed by atoms with Crippen LogP contribution in [0.2, 0.25) is 0 Å². The predicted molar refractivity (Wildman–Crippen MR) is 229 cm³/mol. The number of ether oxygens (including phenoxy) is 2. The number of methoxy groups -OCH3 is 2. The van der Waals surface area contributed by atoms with Crippen molar-refractivity contribution < 1.29 is 33.5 Å². The van der Waals surface area contributed by atoms with Crippen molar-refractivity contribution in [3.8, 4) is 0 Å². The van der Waals surface area contributed by atoms with E-state index in [1.54, 1.807) is 14.1 Å². The van der Waals surface area contributed by atoms with Crippen LogP contribution in [-0.4, -0.2) is 69.8 Å².